The van der Waals surface area contributed by atoms with Crippen LogP contribution in [0.3, 0.4) is 0 Å². The normalized spacial score (nSPS) is 15.3. The van der Waals surface area contributed by atoms with Gasteiger partial charge in [0.05, 0.1) is 4.90 Å². The molecule has 1 atom stereocenters. The molecule has 2 aromatic carbocycles. The van der Waals surface area contributed by atoms with Crippen molar-refractivity contribution in [2.24, 2.45) is 0 Å². The topological polar surface area (TPSA) is 112 Å². The summed E-state index contributed by atoms with van der Waals surface area (Å²) in [6.07, 6.45) is 2.24. The summed E-state index contributed by atoms with van der Waals surface area (Å²) in [7, 11) is -3.95. The minimum atomic E-state index is -3.95. The van der Waals surface area contributed by atoms with Crippen molar-refractivity contribution in [1.82, 2.24) is 10.0 Å². The zero-order chi connectivity index (χ0) is 22.6. The summed E-state index contributed by atoms with van der Waals surface area (Å²) in [6, 6.07) is 8.87. The summed E-state index contributed by atoms with van der Waals surface area (Å²) >= 11 is 1.53. The van der Waals surface area contributed by atoms with Crippen molar-refractivity contribution in [3.05, 3.63) is 42.0 Å². The predicted octanol–water partition coefficient (Wildman–Crippen LogP) is 1.90. The zero-order valence-electron chi connectivity index (χ0n) is 17.5. The molecule has 11 heteroatoms. The van der Waals surface area contributed by atoms with Gasteiger partial charge in [0, 0.05) is 12.6 Å². The molecule has 0 radical (unpaired) electrons. The van der Waals surface area contributed by atoms with Crippen molar-refractivity contribution >= 4 is 27.7 Å². The van der Waals surface area contributed by atoms with E-state index in [-0.39, 0.29) is 18.2 Å². The molecule has 2 aliphatic heterocycles. The van der Waals surface area contributed by atoms with E-state index in [1.165, 1.54) is 23.9 Å². The van der Waals surface area contributed by atoms with Gasteiger partial charge in [-0.2, -0.15) is 16.5 Å². The van der Waals surface area contributed by atoms with E-state index in [0.717, 1.165) is 5.56 Å². The first-order valence-electron chi connectivity index (χ1n) is 10.0. The average Bonchev–Trinajstić information content (AvgIpc) is 3.27. The van der Waals surface area contributed by atoms with Crippen molar-refractivity contribution in [3.8, 4) is 23.0 Å². The lowest BCUT2D eigenvalue weighted by molar-refractivity contribution is -0.122. The highest BCUT2D eigenvalue weighted by molar-refractivity contribution is 7.98. The fourth-order valence-corrected chi connectivity index (χ4v) is 5.01. The second kappa shape index (κ2) is 9.88. The van der Waals surface area contributed by atoms with E-state index >= 15 is 0 Å². The molecule has 1 amide bonds. The number of ether oxygens (including phenoxy) is 4. The number of benzene rings is 2. The van der Waals surface area contributed by atoms with E-state index in [1.807, 2.05) is 12.3 Å². The van der Waals surface area contributed by atoms with Crippen LogP contribution in [0.25, 0.3) is 0 Å². The largest absolute Gasteiger partial charge is 0.486 e. The Bertz CT molecular complexity index is 1090. The minimum absolute atomic E-state index is 0.0134. The van der Waals surface area contributed by atoms with Gasteiger partial charge in [-0.1, -0.05) is 6.07 Å². The molecule has 2 N–H and O–H groups in total. The highest BCUT2D eigenvalue weighted by Gasteiger charge is 2.27. The lowest BCUT2D eigenvalue weighted by Crippen LogP contribution is -2.46. The first-order valence-corrected chi connectivity index (χ1v) is 12.9. The van der Waals surface area contributed by atoms with Crippen molar-refractivity contribution in [2.45, 2.75) is 23.9 Å². The number of hydrogen-bond acceptors (Lipinski definition) is 8. The Labute approximate surface area is 190 Å². The van der Waals surface area contributed by atoms with E-state index in [2.05, 4.69) is 10.0 Å². The summed E-state index contributed by atoms with van der Waals surface area (Å²) in [5.74, 6) is 2.35. The molecule has 2 aliphatic rings. The van der Waals surface area contributed by atoms with Crippen LogP contribution in [0, 0.1) is 0 Å². The summed E-state index contributed by atoms with van der Waals surface area (Å²) in [5.41, 5.74) is 0.820. The first kappa shape index (κ1) is 22.6. The lowest BCUT2D eigenvalue weighted by atomic mass is 10.2. The third-order valence-electron chi connectivity index (χ3n) is 4.95. The summed E-state index contributed by atoms with van der Waals surface area (Å²) in [4.78, 5) is 12.9. The van der Waals surface area contributed by atoms with E-state index in [0.29, 0.717) is 48.4 Å². The van der Waals surface area contributed by atoms with E-state index in [9.17, 15) is 13.2 Å². The highest BCUT2D eigenvalue weighted by Crippen LogP contribution is 2.33. The zero-order valence-corrected chi connectivity index (χ0v) is 19.1. The molecule has 0 saturated heterocycles. The van der Waals surface area contributed by atoms with Crippen molar-refractivity contribution in [2.75, 3.05) is 32.0 Å². The molecular weight excluding hydrogens is 456 g/mol. The number of sulfonamides is 1. The molecule has 2 heterocycles. The van der Waals surface area contributed by atoms with Crippen LogP contribution < -0.4 is 29.0 Å². The average molecular weight is 481 g/mol. The maximum atomic E-state index is 13.0. The maximum Gasteiger partial charge on any atom is 0.241 e. The first-order chi connectivity index (χ1) is 15.5. The molecule has 0 saturated carbocycles. The quantitative estimate of drug-likeness (QED) is 0.560. The van der Waals surface area contributed by atoms with Gasteiger partial charge in [0.2, 0.25) is 22.7 Å². The molecular formula is C21H24N2O7S2. The number of amides is 1. The van der Waals surface area contributed by atoms with Gasteiger partial charge < -0.3 is 24.3 Å². The monoisotopic (exact) mass is 480 g/mol. The predicted molar refractivity (Wildman–Crippen MR) is 119 cm³/mol. The second-order valence-corrected chi connectivity index (χ2v) is 9.87. The summed E-state index contributed by atoms with van der Waals surface area (Å²) < 4.78 is 50.0. The van der Waals surface area contributed by atoms with Crippen LogP contribution in [-0.2, 0) is 21.4 Å². The molecule has 9 nitrogen and oxygen atoms in total. The van der Waals surface area contributed by atoms with Crippen LogP contribution in [0.15, 0.2) is 41.3 Å². The SMILES string of the molecule is CSCC[C@@H](NS(=O)(=O)c1ccc2c(c1)OCCO2)C(=O)NCc1ccc2c(c1)OCO2. The Morgan fingerprint density at radius 2 is 1.69 bits per heavy atom. The molecule has 172 valence electrons. The number of rotatable bonds is 9. The van der Waals surface area contributed by atoms with Gasteiger partial charge in [-0.3, -0.25) is 4.79 Å². The fraction of sp³-hybridized carbons (Fsp3) is 0.381. The summed E-state index contributed by atoms with van der Waals surface area (Å²) in [5, 5.41) is 2.81. The smallest absolute Gasteiger partial charge is 0.241 e. The molecule has 0 spiro atoms. The standard InChI is InChI=1S/C21H24N2O7S2/c1-31-9-6-16(21(24)22-12-14-2-4-18-19(10-14)30-13-29-18)23-32(25,26)15-3-5-17-20(11-15)28-8-7-27-17/h2-5,10-11,16,23H,6-9,12-13H2,1H3,(H,22,24)/t16-/m1/s1. The molecule has 2 aromatic rings. The van der Waals surface area contributed by atoms with E-state index in [4.69, 9.17) is 18.9 Å². The fourth-order valence-electron chi connectivity index (χ4n) is 3.29. The van der Waals surface area contributed by atoms with Gasteiger partial charge in [0.15, 0.2) is 23.0 Å². The van der Waals surface area contributed by atoms with E-state index in [1.54, 1.807) is 18.2 Å². The number of fused-ring (bicyclic) bond motifs is 2. The van der Waals surface area contributed by atoms with Crippen LogP contribution in [0.1, 0.15) is 12.0 Å². The molecule has 0 unspecified atom stereocenters. The molecule has 4 rings (SSSR count). The minimum Gasteiger partial charge on any atom is -0.486 e. The Morgan fingerprint density at radius 1 is 1.00 bits per heavy atom. The number of hydrogen-bond donors (Lipinski definition) is 2. The Kier molecular flexibility index (Phi) is 6.97. The maximum absolute atomic E-state index is 13.0. The van der Waals surface area contributed by atoms with Gasteiger partial charge >= 0.3 is 0 Å². The van der Waals surface area contributed by atoms with Gasteiger partial charge in [-0.25, -0.2) is 8.42 Å². The molecule has 0 bridgehead atoms. The molecule has 0 fully saturated rings. The van der Waals surface area contributed by atoms with Gasteiger partial charge in [-0.15, -0.1) is 0 Å². The van der Waals surface area contributed by atoms with Crippen LogP contribution in [0.5, 0.6) is 23.0 Å². The van der Waals surface area contributed by atoms with Gasteiger partial charge in [0.25, 0.3) is 0 Å². The number of nitrogens with one attached hydrogen (secondary N) is 2. The number of thioether (sulfide) groups is 1. The third kappa shape index (κ3) is 5.22. The van der Waals surface area contributed by atoms with Crippen molar-refractivity contribution < 1.29 is 32.2 Å². The van der Waals surface area contributed by atoms with Crippen LogP contribution in [0.4, 0.5) is 0 Å². The van der Waals surface area contributed by atoms with Gasteiger partial charge in [0.1, 0.15) is 19.3 Å². The Morgan fingerprint density at radius 3 is 2.50 bits per heavy atom. The van der Waals surface area contributed by atoms with Crippen LogP contribution in [0.2, 0.25) is 0 Å². The molecule has 0 aliphatic carbocycles. The lowest BCUT2D eigenvalue weighted by Gasteiger charge is -2.21. The summed E-state index contributed by atoms with van der Waals surface area (Å²) in [6.45, 7) is 1.17. The van der Waals surface area contributed by atoms with E-state index < -0.39 is 22.0 Å². The third-order valence-corrected chi connectivity index (χ3v) is 7.07. The number of carbonyl (C=O) groups excluding carboxylic acids is 1. The Hall–Kier alpha value is -2.63. The highest BCUT2D eigenvalue weighted by atomic mass is 32.2. The second-order valence-electron chi connectivity index (χ2n) is 7.17. The Balaban J connectivity index is 1.44. The van der Waals surface area contributed by atoms with Gasteiger partial charge in [-0.05, 0) is 48.3 Å². The van der Waals surface area contributed by atoms with Crippen LogP contribution in [-0.4, -0.2) is 52.4 Å². The molecule has 32 heavy (non-hydrogen) atoms. The van der Waals surface area contributed by atoms with Crippen molar-refractivity contribution in [1.29, 1.82) is 0 Å². The van der Waals surface area contributed by atoms with Crippen LogP contribution >= 0.6 is 11.8 Å². The number of carbonyl (C=O) groups is 1. The van der Waals surface area contributed by atoms with Crippen molar-refractivity contribution in [3.63, 3.8) is 0 Å². The molecule has 0 aromatic heterocycles.